The van der Waals surface area contributed by atoms with E-state index < -0.39 is 39.0 Å². The van der Waals surface area contributed by atoms with Crippen molar-refractivity contribution in [1.29, 1.82) is 21.0 Å². The van der Waals surface area contributed by atoms with Crippen molar-refractivity contribution in [3.63, 3.8) is 0 Å². The number of benzene rings is 3. The number of ether oxygens (including phenoxy) is 1. The number of hydrogen-bond donors (Lipinski definition) is 5. The van der Waals surface area contributed by atoms with Gasteiger partial charge in [-0.15, -0.1) is 0 Å². The van der Waals surface area contributed by atoms with Gasteiger partial charge >= 0.3 is 0 Å². The number of aromatic nitrogens is 9. The van der Waals surface area contributed by atoms with E-state index in [-0.39, 0.29) is 100 Å². The number of nitrogens with zero attached hydrogens (tertiary/aromatic N) is 16. The Morgan fingerprint density at radius 2 is 1.00 bits per heavy atom. The van der Waals surface area contributed by atoms with Gasteiger partial charge in [0.1, 0.15) is 17.5 Å². The van der Waals surface area contributed by atoms with Gasteiger partial charge in [0, 0.05) is 82.1 Å². The minimum Gasteiger partial charge on any atom is -0.389 e. The van der Waals surface area contributed by atoms with Crippen LogP contribution in [0.5, 0.6) is 0 Å². The molecule has 9 aromatic rings. The first-order valence-corrected chi connectivity index (χ1v) is 33.2. The average Bonchev–Trinajstić information content (AvgIpc) is 1.67. The summed E-state index contributed by atoms with van der Waals surface area (Å²) in [7, 11) is -3.31. The molecule has 3 atom stereocenters. The Kier molecular flexibility index (Phi) is 17.9. The highest BCUT2D eigenvalue weighted by Gasteiger charge is 2.35. The summed E-state index contributed by atoms with van der Waals surface area (Å²) in [6, 6.07) is 31.1. The molecular formula is C68H59F3N20O7S. The summed E-state index contributed by atoms with van der Waals surface area (Å²) in [4.78, 5) is 57.0. The van der Waals surface area contributed by atoms with E-state index in [9.17, 15) is 62.1 Å². The second-order valence-electron chi connectivity index (χ2n) is 24.5. The van der Waals surface area contributed by atoms with Gasteiger partial charge in [-0.3, -0.25) is 14.4 Å². The van der Waals surface area contributed by atoms with Crippen molar-refractivity contribution in [3.05, 3.63) is 178 Å². The lowest BCUT2D eigenvalue weighted by molar-refractivity contribution is 0.0597. The van der Waals surface area contributed by atoms with E-state index in [1.807, 2.05) is 41.0 Å². The third-order valence-electron chi connectivity index (χ3n) is 17.5. The molecule has 0 radical (unpaired) electrons. The predicted molar refractivity (Wildman–Crippen MR) is 351 cm³/mol. The number of nitriles is 4. The molecule has 0 aliphatic carbocycles. The lowest BCUT2D eigenvalue weighted by Crippen LogP contribution is -2.41. The molecule has 3 amide bonds. The first kappa shape index (κ1) is 65.8. The van der Waals surface area contributed by atoms with Gasteiger partial charge in [0.05, 0.1) is 176 Å². The number of β-amino-alcohol motifs (C(OH)–C–C–N with tert-alkyl or cyclic N) is 1. The molecule has 12 heterocycles. The fourth-order valence-electron chi connectivity index (χ4n) is 12.9. The van der Waals surface area contributed by atoms with Crippen LogP contribution in [0.2, 0.25) is 0 Å². The highest BCUT2D eigenvalue weighted by molar-refractivity contribution is 7.88. The van der Waals surface area contributed by atoms with Crippen molar-refractivity contribution < 1.29 is 45.8 Å². The summed E-state index contributed by atoms with van der Waals surface area (Å²) < 4.78 is 79.8. The van der Waals surface area contributed by atoms with Gasteiger partial charge in [-0.1, -0.05) is 18.2 Å². The van der Waals surface area contributed by atoms with E-state index in [0.29, 0.717) is 114 Å². The topological polar surface area (TPSA) is 360 Å². The molecule has 3 aromatic carbocycles. The first-order chi connectivity index (χ1) is 47.7. The molecule has 0 spiro atoms. The van der Waals surface area contributed by atoms with Crippen LogP contribution < -0.4 is 35.4 Å². The van der Waals surface area contributed by atoms with Crippen LogP contribution in [0.15, 0.2) is 110 Å². The molecule has 31 heteroatoms. The van der Waals surface area contributed by atoms with E-state index in [1.54, 1.807) is 53.6 Å². The Bertz CT molecular complexity index is 5070. The number of rotatable bonds is 11. The predicted octanol–water partition coefficient (Wildman–Crippen LogP) is 6.02. The van der Waals surface area contributed by atoms with Crippen LogP contribution in [0.4, 0.5) is 30.6 Å². The van der Waals surface area contributed by atoms with Gasteiger partial charge in [-0.25, -0.2) is 55.3 Å². The molecule has 6 aromatic heterocycles. The molecule has 3 fully saturated rings. The van der Waals surface area contributed by atoms with Gasteiger partial charge in [0.2, 0.25) is 10.0 Å². The number of carbonyl (C=O) groups is 3. The second-order valence-corrected chi connectivity index (χ2v) is 26.2. The highest BCUT2D eigenvalue weighted by atomic mass is 32.2. The number of carbonyl (C=O) groups excluding carboxylic acids is 3. The molecule has 27 nitrogen and oxygen atoms in total. The van der Waals surface area contributed by atoms with Crippen LogP contribution in [-0.4, -0.2) is 146 Å². The molecule has 15 rings (SSSR count). The van der Waals surface area contributed by atoms with Gasteiger partial charge in [-0.05, 0) is 80.8 Å². The molecule has 99 heavy (non-hydrogen) atoms. The van der Waals surface area contributed by atoms with E-state index >= 15 is 0 Å². The van der Waals surface area contributed by atoms with Crippen molar-refractivity contribution in [2.45, 2.75) is 58.0 Å². The number of fused-ring (bicyclic) bond motifs is 3. The molecule has 6 aliphatic heterocycles. The van der Waals surface area contributed by atoms with Crippen LogP contribution >= 0.6 is 0 Å². The summed E-state index contributed by atoms with van der Waals surface area (Å²) >= 11 is 0. The minimum absolute atomic E-state index is 0.0648. The maximum atomic E-state index is 14.7. The van der Waals surface area contributed by atoms with Crippen LogP contribution in [0.25, 0.3) is 50.8 Å². The molecule has 0 bridgehead atoms. The Labute approximate surface area is 564 Å². The van der Waals surface area contributed by atoms with E-state index in [4.69, 9.17) is 4.74 Å². The number of aliphatic hydroxyl groups excluding tert-OH is 1. The fourth-order valence-corrected chi connectivity index (χ4v) is 13.7. The summed E-state index contributed by atoms with van der Waals surface area (Å²) in [6.45, 7) is 6.66. The molecule has 0 saturated carbocycles. The largest absolute Gasteiger partial charge is 0.389 e. The SMILES string of the molecule is CC1(C#N)CCCN(c2ccn(-c3cc(-c4c(F)cccc4C#N)nc4c3C(=O)NC4)n2)C1.CS(=O)(=O)N[C@@H]1CCN(c2ccn(-c3cc(-c4c(F)cccc4C#N)nc4c3C(=O)NC4)n2)C1.N#Cc1cccc(F)c1-c1cc(-n2ccc(N3CCOC[C@H](O)C3)n2)c2c(n1)CNC2=O. The average molecular weight is 1360 g/mol. The van der Waals surface area contributed by atoms with Crippen molar-refractivity contribution >= 4 is 45.2 Å². The Morgan fingerprint density at radius 1 is 0.586 bits per heavy atom. The normalized spacial score (nSPS) is 18.4. The number of piperidine rings is 1. The summed E-state index contributed by atoms with van der Waals surface area (Å²) in [5, 5.41) is 70.1. The van der Waals surface area contributed by atoms with Gasteiger partial charge < -0.3 is 40.5 Å². The zero-order valence-corrected chi connectivity index (χ0v) is 53.9. The highest BCUT2D eigenvalue weighted by Crippen LogP contribution is 2.37. The van der Waals surface area contributed by atoms with Gasteiger partial charge in [-0.2, -0.15) is 36.3 Å². The van der Waals surface area contributed by atoms with Crippen molar-refractivity contribution in [2.24, 2.45) is 5.41 Å². The maximum absolute atomic E-state index is 14.7. The quantitative estimate of drug-likeness (QED) is 0.0988. The number of halogens is 3. The Morgan fingerprint density at radius 3 is 1.40 bits per heavy atom. The monoisotopic (exact) mass is 1360 g/mol. The number of nitrogens with one attached hydrogen (secondary N) is 4. The number of amides is 3. The first-order valence-electron chi connectivity index (χ1n) is 31.3. The zero-order valence-electron chi connectivity index (χ0n) is 53.0. The van der Waals surface area contributed by atoms with E-state index in [1.165, 1.54) is 64.0 Å². The van der Waals surface area contributed by atoms with E-state index in [0.717, 1.165) is 25.6 Å². The smallest absolute Gasteiger partial charge is 0.255 e. The number of pyridine rings is 3. The molecule has 6 aliphatic rings. The zero-order chi connectivity index (χ0) is 69.4. The molecule has 500 valence electrons. The van der Waals surface area contributed by atoms with Gasteiger partial charge in [0.25, 0.3) is 17.7 Å². The summed E-state index contributed by atoms with van der Waals surface area (Å²) in [5.74, 6) is -0.666. The molecule has 3 saturated heterocycles. The number of aliphatic hydroxyl groups is 1. The Balaban J connectivity index is 0.000000133. The van der Waals surface area contributed by atoms with Crippen LogP contribution in [0, 0.1) is 68.2 Å². The van der Waals surface area contributed by atoms with Crippen LogP contribution in [0.1, 0.15) is 91.0 Å². The third-order valence-corrected chi connectivity index (χ3v) is 18.3. The maximum Gasteiger partial charge on any atom is 0.255 e. The summed E-state index contributed by atoms with van der Waals surface area (Å²) in [6.07, 6.45) is 7.99. The lowest BCUT2D eigenvalue weighted by atomic mass is 9.83. The third kappa shape index (κ3) is 13.3. The minimum atomic E-state index is -3.31. The summed E-state index contributed by atoms with van der Waals surface area (Å²) in [5.41, 5.74) is 4.78. The molecule has 5 N–H and O–H groups in total. The standard InChI is InChI=1S/C24H20FN7O.C22H20FN7O3S.C22H19FN6O3/c1-24(13-27)7-3-8-31(14-24)20-6-9-32(30-20)19-10-17(29-18-12-28-23(33)22(18)19)21-15(11-26)4-2-5-16(21)25;1-34(32,33)28-14-5-7-29(12-14)19-6-8-30(27-19)18-9-16(26-17-11-25-22(31)21(17)18)20-13(10-24)3-2-4-15(20)23;23-15-3-1-2-13(9-24)20(15)16-8-18(21-17(26-16)10-25-22(21)31)29-5-4-19(27-29)28-6-7-32-12-14(30)11-28/h2,4-6,9-10H,3,7-8,12,14H2,1H3,(H,28,33);2-4,6,8-9,14,28H,5,7,11-12H2,1H3,(H,25,31);1-5,8,14,30H,6-7,10-12H2,(H,25,31)/t;2*14-/m.11/s1. The number of sulfonamides is 1. The lowest BCUT2D eigenvalue weighted by Gasteiger charge is -2.36. The second kappa shape index (κ2) is 27.0. The fraction of sp³-hybridized carbons (Fsp3) is 0.279. The number of anilines is 3. The van der Waals surface area contributed by atoms with Crippen molar-refractivity contribution in [3.8, 4) is 75.1 Å². The van der Waals surface area contributed by atoms with Crippen molar-refractivity contribution in [2.75, 3.05) is 73.4 Å². The number of hydrogen-bond acceptors (Lipinski definition) is 20. The Hall–Kier alpha value is -11.9. The van der Waals surface area contributed by atoms with E-state index in [2.05, 4.69) is 61.9 Å². The van der Waals surface area contributed by atoms with Crippen LogP contribution in [-0.2, 0) is 34.4 Å². The van der Waals surface area contributed by atoms with Crippen LogP contribution in [0.3, 0.4) is 0 Å². The van der Waals surface area contributed by atoms with Gasteiger partial charge in [0.15, 0.2) is 17.5 Å². The molecule has 1 unspecified atom stereocenters. The molecular weight excluding hydrogens is 1300 g/mol. The van der Waals surface area contributed by atoms with Crippen molar-refractivity contribution in [1.82, 2.24) is 65.0 Å².